The monoisotopic (exact) mass is 230 g/mol. The minimum Gasteiger partial charge on any atom is -0.507 e. The summed E-state index contributed by atoms with van der Waals surface area (Å²) in [7, 11) is 0. The quantitative estimate of drug-likeness (QED) is 0.743. The highest BCUT2D eigenvalue weighted by Gasteiger charge is 2.17. The molecular weight excluding hydrogens is 216 g/mol. The maximum atomic E-state index is 10.1. The van der Waals surface area contributed by atoms with Gasteiger partial charge in [-0.1, -0.05) is 37.3 Å². The molecule has 2 rings (SSSR count). The second kappa shape index (κ2) is 4.37. The van der Waals surface area contributed by atoms with E-state index in [9.17, 15) is 15.3 Å². The fraction of sp³-hybridized carbons (Fsp3) is 0.143. The summed E-state index contributed by atoms with van der Waals surface area (Å²) in [5.74, 6) is -0.262. The molecule has 0 aliphatic heterocycles. The summed E-state index contributed by atoms with van der Waals surface area (Å²) in [6.07, 6.45) is 0.498. The van der Waals surface area contributed by atoms with Crippen LogP contribution in [0.4, 0.5) is 0 Å². The third-order valence-electron chi connectivity index (χ3n) is 2.78. The number of aromatic hydroxyl groups is 3. The molecule has 0 aromatic heterocycles. The molecule has 0 heterocycles. The molecular formula is C14H14O3. The normalized spacial score (nSPS) is 10.4. The lowest BCUT2D eigenvalue weighted by Gasteiger charge is -2.12. The Hall–Kier alpha value is -2.16. The van der Waals surface area contributed by atoms with Crippen LogP contribution in [0.2, 0.25) is 0 Å². The van der Waals surface area contributed by atoms with Crippen LogP contribution in [-0.2, 0) is 6.42 Å². The summed E-state index contributed by atoms with van der Waals surface area (Å²) in [5.41, 5.74) is 1.53. The van der Waals surface area contributed by atoms with Gasteiger partial charge in [-0.05, 0) is 12.0 Å². The zero-order valence-electron chi connectivity index (χ0n) is 9.51. The van der Waals surface area contributed by atoms with Crippen LogP contribution in [0, 0.1) is 0 Å². The van der Waals surface area contributed by atoms with Crippen molar-refractivity contribution in [2.24, 2.45) is 0 Å². The third kappa shape index (κ3) is 1.91. The van der Waals surface area contributed by atoms with E-state index in [0.29, 0.717) is 17.5 Å². The first-order valence-electron chi connectivity index (χ1n) is 5.47. The van der Waals surface area contributed by atoms with E-state index >= 15 is 0 Å². The standard InChI is InChI=1S/C14H14O3/c1-2-10-11(15)8-12(16)13(14(10)17)9-6-4-3-5-7-9/h3-8,15-17H,2H2,1H3. The first kappa shape index (κ1) is 11.3. The van der Waals surface area contributed by atoms with Crippen molar-refractivity contribution in [3.8, 4) is 28.4 Å². The van der Waals surface area contributed by atoms with Crippen LogP contribution in [-0.4, -0.2) is 15.3 Å². The van der Waals surface area contributed by atoms with Gasteiger partial charge in [0.1, 0.15) is 17.2 Å². The fourth-order valence-corrected chi connectivity index (χ4v) is 1.92. The van der Waals surface area contributed by atoms with Crippen molar-refractivity contribution in [1.29, 1.82) is 0 Å². The molecule has 0 radical (unpaired) electrons. The molecule has 0 saturated carbocycles. The van der Waals surface area contributed by atoms with Gasteiger partial charge in [0.2, 0.25) is 0 Å². The predicted octanol–water partition coefficient (Wildman–Crippen LogP) is 3.03. The second-order valence-corrected chi connectivity index (χ2v) is 3.84. The first-order valence-corrected chi connectivity index (χ1v) is 5.47. The first-order chi connectivity index (χ1) is 8.15. The van der Waals surface area contributed by atoms with E-state index < -0.39 is 0 Å². The topological polar surface area (TPSA) is 60.7 Å². The molecule has 0 unspecified atom stereocenters. The van der Waals surface area contributed by atoms with Crippen LogP contribution in [0.1, 0.15) is 12.5 Å². The number of hydrogen-bond donors (Lipinski definition) is 3. The smallest absolute Gasteiger partial charge is 0.134 e. The number of hydrogen-bond acceptors (Lipinski definition) is 3. The average molecular weight is 230 g/mol. The molecule has 0 saturated heterocycles. The minimum atomic E-state index is -0.122. The summed E-state index contributed by atoms with van der Waals surface area (Å²) in [4.78, 5) is 0. The van der Waals surface area contributed by atoms with Gasteiger partial charge in [-0.3, -0.25) is 0 Å². The van der Waals surface area contributed by atoms with Crippen LogP contribution in [0.25, 0.3) is 11.1 Å². The number of rotatable bonds is 2. The van der Waals surface area contributed by atoms with Crippen molar-refractivity contribution < 1.29 is 15.3 Å². The van der Waals surface area contributed by atoms with Gasteiger partial charge in [-0.2, -0.15) is 0 Å². The Morgan fingerprint density at radius 1 is 0.941 bits per heavy atom. The van der Waals surface area contributed by atoms with E-state index in [0.717, 1.165) is 5.56 Å². The summed E-state index contributed by atoms with van der Waals surface area (Å²) in [5, 5.41) is 29.5. The highest BCUT2D eigenvalue weighted by molar-refractivity contribution is 5.79. The molecule has 0 amide bonds. The molecule has 0 aliphatic carbocycles. The zero-order chi connectivity index (χ0) is 12.4. The molecule has 17 heavy (non-hydrogen) atoms. The van der Waals surface area contributed by atoms with Crippen LogP contribution in [0.5, 0.6) is 17.2 Å². The van der Waals surface area contributed by atoms with Crippen LogP contribution in [0.3, 0.4) is 0 Å². The Kier molecular flexibility index (Phi) is 2.91. The van der Waals surface area contributed by atoms with E-state index in [2.05, 4.69) is 0 Å². The Balaban J connectivity index is 2.70. The third-order valence-corrected chi connectivity index (χ3v) is 2.78. The molecule has 0 atom stereocenters. The van der Waals surface area contributed by atoms with E-state index in [1.165, 1.54) is 6.07 Å². The maximum Gasteiger partial charge on any atom is 0.134 e. The largest absolute Gasteiger partial charge is 0.507 e. The van der Waals surface area contributed by atoms with E-state index in [1.807, 2.05) is 25.1 Å². The lowest BCUT2D eigenvalue weighted by molar-refractivity contribution is 0.422. The lowest BCUT2D eigenvalue weighted by Crippen LogP contribution is -1.88. The van der Waals surface area contributed by atoms with Gasteiger partial charge >= 0.3 is 0 Å². The average Bonchev–Trinajstić information content (AvgIpc) is 2.30. The molecule has 0 spiro atoms. The molecule has 3 nitrogen and oxygen atoms in total. The number of benzene rings is 2. The molecule has 2 aromatic carbocycles. The molecule has 0 fully saturated rings. The summed E-state index contributed by atoms with van der Waals surface area (Å²) >= 11 is 0. The molecule has 3 N–H and O–H groups in total. The van der Waals surface area contributed by atoms with Crippen molar-refractivity contribution in [1.82, 2.24) is 0 Å². The Morgan fingerprint density at radius 3 is 2.18 bits per heavy atom. The highest BCUT2D eigenvalue weighted by Crippen LogP contribution is 2.43. The van der Waals surface area contributed by atoms with E-state index in [1.54, 1.807) is 12.1 Å². The predicted molar refractivity (Wildman–Crippen MR) is 66.3 cm³/mol. The second-order valence-electron chi connectivity index (χ2n) is 3.84. The molecule has 2 aromatic rings. The van der Waals surface area contributed by atoms with Gasteiger partial charge in [0.15, 0.2) is 0 Å². The van der Waals surface area contributed by atoms with Gasteiger partial charge in [0.25, 0.3) is 0 Å². The van der Waals surface area contributed by atoms with E-state index in [4.69, 9.17) is 0 Å². The number of phenols is 3. The summed E-state index contributed by atoms with van der Waals surface area (Å²) in [6.45, 7) is 1.83. The molecule has 3 heteroatoms. The Morgan fingerprint density at radius 2 is 1.59 bits per heavy atom. The van der Waals surface area contributed by atoms with Crippen molar-refractivity contribution in [3.63, 3.8) is 0 Å². The minimum absolute atomic E-state index is 0.0591. The SMILES string of the molecule is CCc1c(O)cc(O)c(-c2ccccc2)c1O. The zero-order valence-corrected chi connectivity index (χ0v) is 9.51. The summed E-state index contributed by atoms with van der Waals surface area (Å²) < 4.78 is 0. The van der Waals surface area contributed by atoms with Gasteiger partial charge < -0.3 is 15.3 Å². The molecule has 0 bridgehead atoms. The van der Waals surface area contributed by atoms with Crippen molar-refractivity contribution in [3.05, 3.63) is 42.0 Å². The lowest BCUT2D eigenvalue weighted by atomic mass is 9.98. The van der Waals surface area contributed by atoms with E-state index in [-0.39, 0.29) is 17.2 Å². The molecule has 88 valence electrons. The van der Waals surface area contributed by atoms with Crippen LogP contribution < -0.4 is 0 Å². The van der Waals surface area contributed by atoms with Gasteiger partial charge in [-0.25, -0.2) is 0 Å². The molecule has 0 aliphatic rings. The fourth-order valence-electron chi connectivity index (χ4n) is 1.92. The number of phenolic OH excluding ortho intramolecular Hbond substituents is 3. The van der Waals surface area contributed by atoms with Crippen molar-refractivity contribution >= 4 is 0 Å². The Bertz CT molecular complexity index is 533. The Labute approximate surface area is 99.6 Å². The highest BCUT2D eigenvalue weighted by atomic mass is 16.3. The summed E-state index contributed by atoms with van der Waals surface area (Å²) in [6, 6.07) is 10.4. The van der Waals surface area contributed by atoms with Crippen molar-refractivity contribution in [2.45, 2.75) is 13.3 Å². The van der Waals surface area contributed by atoms with Gasteiger partial charge in [0, 0.05) is 11.6 Å². The van der Waals surface area contributed by atoms with Crippen LogP contribution in [0.15, 0.2) is 36.4 Å². The van der Waals surface area contributed by atoms with Crippen molar-refractivity contribution in [2.75, 3.05) is 0 Å². The van der Waals surface area contributed by atoms with Gasteiger partial charge in [0.05, 0.1) is 5.56 Å². The van der Waals surface area contributed by atoms with Crippen LogP contribution >= 0.6 is 0 Å². The maximum absolute atomic E-state index is 10.1. The van der Waals surface area contributed by atoms with Gasteiger partial charge in [-0.15, -0.1) is 0 Å².